The number of anilines is 1. The molecule has 0 saturated carbocycles. The number of hydrogen-bond acceptors (Lipinski definition) is 4. The molecule has 1 atom stereocenters. The molecule has 4 heteroatoms. The standard InChI is InChI=1S/C17H25NO3/c1-4-5-6-7-8-9-17(20)16(19)15-12(2)10-13(21-3)11-14(15)18-17/h10-11,18,20H,4-9H2,1-3H3/t17-/m1/s1. The maximum atomic E-state index is 12.5. The van der Waals surface area contributed by atoms with E-state index in [-0.39, 0.29) is 5.78 Å². The molecule has 1 heterocycles. The first-order valence-electron chi connectivity index (χ1n) is 7.76. The largest absolute Gasteiger partial charge is 0.497 e. The molecule has 0 bridgehead atoms. The molecule has 0 spiro atoms. The van der Waals surface area contributed by atoms with Crippen LogP contribution in [-0.2, 0) is 0 Å². The summed E-state index contributed by atoms with van der Waals surface area (Å²) < 4.78 is 5.22. The number of ether oxygens (including phenoxy) is 1. The second-order valence-corrected chi connectivity index (χ2v) is 5.85. The lowest BCUT2D eigenvalue weighted by Gasteiger charge is -2.21. The van der Waals surface area contributed by atoms with Crippen molar-refractivity contribution in [3.8, 4) is 5.75 Å². The Kier molecular flexibility index (Phi) is 4.88. The molecule has 1 aromatic carbocycles. The number of unbranched alkanes of at least 4 members (excludes halogenated alkanes) is 4. The average molecular weight is 291 g/mol. The predicted octanol–water partition coefficient (Wildman–Crippen LogP) is 3.66. The van der Waals surface area contributed by atoms with Crippen molar-refractivity contribution >= 4 is 11.5 Å². The van der Waals surface area contributed by atoms with Gasteiger partial charge in [0, 0.05) is 18.1 Å². The minimum atomic E-state index is -1.45. The van der Waals surface area contributed by atoms with E-state index in [0.717, 1.165) is 24.8 Å². The molecular formula is C17H25NO3. The van der Waals surface area contributed by atoms with Crippen molar-refractivity contribution in [3.63, 3.8) is 0 Å². The molecule has 0 aromatic heterocycles. The highest BCUT2D eigenvalue weighted by molar-refractivity contribution is 6.13. The van der Waals surface area contributed by atoms with Crippen LogP contribution in [0.25, 0.3) is 0 Å². The van der Waals surface area contributed by atoms with Gasteiger partial charge in [-0.1, -0.05) is 32.6 Å². The maximum absolute atomic E-state index is 12.5. The van der Waals surface area contributed by atoms with Crippen LogP contribution in [0, 0.1) is 6.92 Å². The highest BCUT2D eigenvalue weighted by Crippen LogP contribution is 2.38. The van der Waals surface area contributed by atoms with Gasteiger partial charge in [-0.3, -0.25) is 4.79 Å². The molecule has 0 fully saturated rings. The topological polar surface area (TPSA) is 58.6 Å². The summed E-state index contributed by atoms with van der Waals surface area (Å²) in [5.41, 5.74) is 0.648. The van der Waals surface area contributed by atoms with E-state index in [4.69, 9.17) is 4.74 Å². The summed E-state index contributed by atoms with van der Waals surface area (Å²) in [7, 11) is 1.60. The number of benzene rings is 1. The minimum Gasteiger partial charge on any atom is -0.497 e. The molecule has 0 radical (unpaired) electrons. The Morgan fingerprint density at radius 2 is 1.95 bits per heavy atom. The zero-order valence-corrected chi connectivity index (χ0v) is 13.2. The Hall–Kier alpha value is -1.55. The summed E-state index contributed by atoms with van der Waals surface area (Å²) in [6, 6.07) is 3.60. The van der Waals surface area contributed by atoms with Crippen LogP contribution in [-0.4, -0.2) is 23.7 Å². The van der Waals surface area contributed by atoms with Crippen molar-refractivity contribution in [3.05, 3.63) is 23.3 Å². The first kappa shape index (κ1) is 15.8. The fourth-order valence-corrected chi connectivity index (χ4v) is 2.92. The van der Waals surface area contributed by atoms with E-state index < -0.39 is 5.72 Å². The van der Waals surface area contributed by atoms with E-state index >= 15 is 0 Å². The highest BCUT2D eigenvalue weighted by atomic mass is 16.5. The SMILES string of the molecule is CCCCCCC[C@]1(O)Nc2cc(OC)cc(C)c2C1=O. The number of rotatable bonds is 7. The molecule has 1 aromatic rings. The third-order valence-corrected chi connectivity index (χ3v) is 4.13. The Morgan fingerprint density at radius 1 is 1.24 bits per heavy atom. The average Bonchev–Trinajstić information content (AvgIpc) is 2.70. The van der Waals surface area contributed by atoms with Crippen molar-refractivity contribution in [2.24, 2.45) is 0 Å². The molecule has 1 aliphatic heterocycles. The zero-order chi connectivity index (χ0) is 15.5. The number of hydrogen-bond donors (Lipinski definition) is 2. The van der Waals surface area contributed by atoms with Crippen molar-refractivity contribution in [2.45, 2.75) is 58.1 Å². The van der Waals surface area contributed by atoms with Gasteiger partial charge in [0.05, 0.1) is 12.8 Å². The Morgan fingerprint density at radius 3 is 2.62 bits per heavy atom. The minimum absolute atomic E-state index is 0.215. The van der Waals surface area contributed by atoms with E-state index in [9.17, 15) is 9.90 Å². The van der Waals surface area contributed by atoms with Crippen LogP contribution >= 0.6 is 0 Å². The van der Waals surface area contributed by atoms with Crippen LogP contribution in [0.2, 0.25) is 0 Å². The number of methoxy groups -OCH3 is 1. The van der Waals surface area contributed by atoms with Gasteiger partial charge in [-0.05, 0) is 25.0 Å². The summed E-state index contributed by atoms with van der Waals surface area (Å²) in [5.74, 6) is 0.479. The first-order valence-corrected chi connectivity index (χ1v) is 7.76. The van der Waals surface area contributed by atoms with Gasteiger partial charge >= 0.3 is 0 Å². The molecule has 2 N–H and O–H groups in total. The predicted molar refractivity (Wildman–Crippen MR) is 84.0 cm³/mol. The van der Waals surface area contributed by atoms with E-state index in [1.165, 1.54) is 12.8 Å². The van der Waals surface area contributed by atoms with Gasteiger partial charge in [0.15, 0.2) is 0 Å². The third kappa shape index (κ3) is 3.21. The van der Waals surface area contributed by atoms with Crippen LogP contribution < -0.4 is 10.1 Å². The third-order valence-electron chi connectivity index (χ3n) is 4.13. The fourth-order valence-electron chi connectivity index (χ4n) is 2.92. The zero-order valence-electron chi connectivity index (χ0n) is 13.2. The number of Topliss-reactive ketones (excluding diaryl/α,β-unsaturated/α-hetero) is 1. The molecule has 0 unspecified atom stereocenters. The molecule has 0 aliphatic carbocycles. The van der Waals surface area contributed by atoms with E-state index in [1.54, 1.807) is 13.2 Å². The van der Waals surface area contributed by atoms with Gasteiger partial charge < -0.3 is 15.2 Å². The Bertz CT molecular complexity index is 527. The fraction of sp³-hybridized carbons (Fsp3) is 0.588. The number of ketones is 1. The smallest absolute Gasteiger partial charge is 0.217 e. The summed E-state index contributed by atoms with van der Waals surface area (Å²) in [5, 5.41) is 13.6. The summed E-state index contributed by atoms with van der Waals surface area (Å²) in [6.45, 7) is 4.04. The number of nitrogens with one attached hydrogen (secondary N) is 1. The van der Waals surface area contributed by atoms with Crippen molar-refractivity contribution in [1.29, 1.82) is 0 Å². The molecular weight excluding hydrogens is 266 g/mol. The van der Waals surface area contributed by atoms with Gasteiger partial charge in [-0.2, -0.15) is 0 Å². The first-order chi connectivity index (χ1) is 10.0. The van der Waals surface area contributed by atoms with Crippen molar-refractivity contribution in [1.82, 2.24) is 0 Å². The van der Waals surface area contributed by atoms with E-state index in [2.05, 4.69) is 12.2 Å². The highest BCUT2D eigenvalue weighted by Gasteiger charge is 2.44. The van der Waals surface area contributed by atoms with Crippen LogP contribution in [0.3, 0.4) is 0 Å². The van der Waals surface area contributed by atoms with Gasteiger partial charge in [0.2, 0.25) is 11.5 Å². The van der Waals surface area contributed by atoms with Gasteiger partial charge in [0.25, 0.3) is 0 Å². The van der Waals surface area contributed by atoms with Crippen molar-refractivity contribution in [2.75, 3.05) is 12.4 Å². The molecule has 116 valence electrons. The molecule has 0 saturated heterocycles. The van der Waals surface area contributed by atoms with Gasteiger partial charge in [-0.25, -0.2) is 0 Å². The molecule has 1 aliphatic rings. The van der Waals surface area contributed by atoms with Gasteiger partial charge in [0.1, 0.15) is 5.75 Å². The van der Waals surface area contributed by atoms with Crippen LogP contribution in [0.1, 0.15) is 61.4 Å². The van der Waals surface area contributed by atoms with E-state index in [0.29, 0.717) is 23.4 Å². The number of fused-ring (bicyclic) bond motifs is 1. The quantitative estimate of drug-likeness (QED) is 0.753. The van der Waals surface area contributed by atoms with Gasteiger partial charge in [-0.15, -0.1) is 0 Å². The second-order valence-electron chi connectivity index (χ2n) is 5.85. The Balaban J connectivity index is 2.08. The number of aliphatic hydroxyl groups is 1. The number of carbonyl (C=O) groups is 1. The summed E-state index contributed by atoms with van der Waals surface area (Å²) in [6.07, 6.45) is 5.89. The molecule has 2 rings (SSSR count). The lowest BCUT2D eigenvalue weighted by Crippen LogP contribution is -2.41. The normalized spacial score (nSPS) is 20.3. The monoisotopic (exact) mass is 291 g/mol. The number of carbonyl (C=O) groups excluding carboxylic acids is 1. The van der Waals surface area contributed by atoms with Crippen LogP contribution in [0.5, 0.6) is 5.75 Å². The molecule has 21 heavy (non-hydrogen) atoms. The summed E-state index contributed by atoms with van der Waals surface area (Å²) in [4.78, 5) is 12.5. The molecule has 0 amide bonds. The van der Waals surface area contributed by atoms with Crippen molar-refractivity contribution < 1.29 is 14.6 Å². The van der Waals surface area contributed by atoms with E-state index in [1.807, 2.05) is 13.0 Å². The van der Waals surface area contributed by atoms with Crippen LogP contribution in [0.4, 0.5) is 5.69 Å². The lowest BCUT2D eigenvalue weighted by molar-refractivity contribution is 0.0435. The second kappa shape index (κ2) is 6.48. The maximum Gasteiger partial charge on any atom is 0.217 e. The lowest BCUT2D eigenvalue weighted by atomic mass is 9.96. The van der Waals surface area contributed by atoms with Crippen LogP contribution in [0.15, 0.2) is 12.1 Å². The Labute approximate surface area is 126 Å². The summed E-state index contributed by atoms with van der Waals surface area (Å²) >= 11 is 0. The molecule has 4 nitrogen and oxygen atoms in total. The number of aryl methyl sites for hydroxylation is 1.